The molecule has 0 fully saturated rings. The summed E-state index contributed by atoms with van der Waals surface area (Å²) in [5.41, 5.74) is 0. The molecule has 1 atom stereocenters. The van der Waals surface area contributed by atoms with Gasteiger partial charge >= 0.3 is 12.2 Å². The minimum atomic E-state index is -4.54. The number of thiophene rings is 1. The summed E-state index contributed by atoms with van der Waals surface area (Å²) in [6, 6.07) is 2.20. The van der Waals surface area contributed by atoms with Crippen molar-refractivity contribution >= 4 is 27.4 Å². The molecule has 30 heavy (non-hydrogen) atoms. The van der Waals surface area contributed by atoms with Gasteiger partial charge in [-0.2, -0.15) is 23.1 Å². The first-order valence-corrected chi connectivity index (χ1v) is 10.4. The Morgan fingerprint density at radius 2 is 2.07 bits per heavy atom. The molecular formula is C18H21F3N6O2S. The molecule has 1 unspecified atom stereocenters. The minimum Gasteiger partial charge on any atom is -0.463 e. The smallest absolute Gasteiger partial charge is 0.451 e. The molecule has 0 saturated heterocycles. The number of alkyl halides is 3. The van der Waals surface area contributed by atoms with Crippen LogP contribution in [0.4, 0.5) is 19.0 Å². The second-order valence-corrected chi connectivity index (χ2v) is 8.34. The normalized spacial score (nSPS) is 15.5. The molecule has 1 aliphatic rings. The average molecular weight is 442 g/mol. The zero-order chi connectivity index (χ0) is 21.5. The summed E-state index contributed by atoms with van der Waals surface area (Å²) < 4.78 is 46.1. The zero-order valence-electron chi connectivity index (χ0n) is 16.5. The largest absolute Gasteiger partial charge is 0.463 e. The number of aliphatic hydroxyl groups excluding tert-OH is 1. The molecule has 1 aliphatic heterocycles. The number of anilines is 1. The molecule has 3 aromatic heterocycles. The summed E-state index contributed by atoms with van der Waals surface area (Å²) in [4.78, 5) is 12.8. The van der Waals surface area contributed by atoms with Gasteiger partial charge in [0, 0.05) is 30.5 Å². The number of rotatable bonds is 6. The molecule has 0 amide bonds. The molecule has 0 radical (unpaired) electrons. The van der Waals surface area contributed by atoms with E-state index in [0.29, 0.717) is 12.4 Å². The highest BCUT2D eigenvalue weighted by Gasteiger charge is 2.39. The van der Waals surface area contributed by atoms with Gasteiger partial charge in [0.15, 0.2) is 5.82 Å². The van der Waals surface area contributed by atoms with Crippen LogP contribution in [0.15, 0.2) is 6.07 Å². The Morgan fingerprint density at radius 3 is 2.77 bits per heavy atom. The van der Waals surface area contributed by atoms with E-state index in [4.69, 9.17) is 4.74 Å². The van der Waals surface area contributed by atoms with Crippen LogP contribution in [0.1, 0.15) is 30.4 Å². The number of halogens is 3. The molecule has 12 heteroatoms. The first-order chi connectivity index (χ1) is 14.3. The third-order valence-electron chi connectivity index (χ3n) is 4.87. The van der Waals surface area contributed by atoms with Gasteiger partial charge in [-0.15, -0.1) is 21.5 Å². The highest BCUT2D eigenvalue weighted by Crippen LogP contribution is 2.35. The Morgan fingerprint density at radius 1 is 1.27 bits per heavy atom. The second-order valence-electron chi connectivity index (χ2n) is 7.22. The van der Waals surface area contributed by atoms with Crippen LogP contribution in [0, 0.1) is 5.92 Å². The predicted molar refractivity (Wildman–Crippen MR) is 105 cm³/mol. The molecule has 8 nitrogen and oxygen atoms in total. The summed E-state index contributed by atoms with van der Waals surface area (Å²) in [6.07, 6.45) is -3.70. The maximum Gasteiger partial charge on any atom is 0.451 e. The van der Waals surface area contributed by atoms with Gasteiger partial charge < -0.3 is 19.3 Å². The summed E-state index contributed by atoms with van der Waals surface area (Å²) in [6.45, 7) is 4.71. The Hall–Kier alpha value is -2.47. The number of fused-ring (bicyclic) bond motifs is 2. The summed E-state index contributed by atoms with van der Waals surface area (Å²) >= 11 is 1.53. The van der Waals surface area contributed by atoms with Crippen molar-refractivity contribution in [1.82, 2.24) is 24.7 Å². The molecule has 162 valence electrons. The van der Waals surface area contributed by atoms with Crippen molar-refractivity contribution < 1.29 is 23.0 Å². The van der Waals surface area contributed by atoms with Crippen LogP contribution in [0.3, 0.4) is 0 Å². The Labute approximate surface area is 174 Å². The van der Waals surface area contributed by atoms with Crippen LogP contribution >= 0.6 is 11.3 Å². The fraction of sp³-hybridized carbons (Fsp3) is 0.556. The maximum absolute atomic E-state index is 13.1. The van der Waals surface area contributed by atoms with Gasteiger partial charge in [0.05, 0.1) is 18.5 Å². The second kappa shape index (κ2) is 7.99. The highest BCUT2D eigenvalue weighted by molar-refractivity contribution is 7.18. The third-order valence-corrected chi connectivity index (χ3v) is 6.04. The summed E-state index contributed by atoms with van der Waals surface area (Å²) in [5, 5.41) is 17.1. The number of hydrogen-bond donors (Lipinski definition) is 1. The Balaban J connectivity index is 1.69. The predicted octanol–water partition coefficient (Wildman–Crippen LogP) is 2.89. The lowest BCUT2D eigenvalue weighted by atomic mass is 10.2. The van der Waals surface area contributed by atoms with Crippen LogP contribution in [0.2, 0.25) is 0 Å². The molecule has 0 aromatic carbocycles. The first-order valence-electron chi connectivity index (χ1n) is 9.58. The molecule has 0 bridgehead atoms. The molecule has 1 N–H and O–H groups in total. The van der Waals surface area contributed by atoms with E-state index in [1.54, 1.807) is 0 Å². The first kappa shape index (κ1) is 20.8. The number of hydrogen-bond acceptors (Lipinski definition) is 8. The van der Waals surface area contributed by atoms with E-state index < -0.39 is 12.0 Å². The lowest BCUT2D eigenvalue weighted by molar-refractivity contribution is -0.147. The fourth-order valence-corrected chi connectivity index (χ4v) is 4.19. The van der Waals surface area contributed by atoms with E-state index in [1.165, 1.54) is 11.3 Å². The van der Waals surface area contributed by atoms with Crippen molar-refractivity contribution in [3.8, 4) is 6.01 Å². The Kier molecular flexibility index (Phi) is 5.53. The van der Waals surface area contributed by atoms with E-state index in [1.807, 2.05) is 24.8 Å². The summed E-state index contributed by atoms with van der Waals surface area (Å²) in [7, 11) is 0. The molecule has 0 spiro atoms. The zero-order valence-corrected chi connectivity index (χ0v) is 17.3. The van der Waals surface area contributed by atoms with E-state index in [9.17, 15) is 18.3 Å². The monoisotopic (exact) mass is 442 g/mol. The van der Waals surface area contributed by atoms with Crippen LogP contribution in [-0.4, -0.2) is 49.6 Å². The van der Waals surface area contributed by atoms with E-state index in [2.05, 4.69) is 20.2 Å². The van der Waals surface area contributed by atoms with Crippen molar-refractivity contribution in [2.24, 2.45) is 5.92 Å². The van der Waals surface area contributed by atoms with E-state index >= 15 is 0 Å². The van der Waals surface area contributed by atoms with Crippen molar-refractivity contribution in [1.29, 1.82) is 0 Å². The number of aryl methyl sites for hydroxylation is 1. The van der Waals surface area contributed by atoms with Gasteiger partial charge in [-0.1, -0.05) is 13.8 Å². The van der Waals surface area contributed by atoms with Crippen LogP contribution in [0.5, 0.6) is 6.01 Å². The highest BCUT2D eigenvalue weighted by atomic mass is 32.1. The standard InChI is InChI=1S/C18H21F3N6O2S/c1-3-11-6-12-14(22-17(23-15(12)30-11)29-9-10(2)8-28)26-4-5-27-13(7-26)24-25-16(27)18(19,20)21/h6,10,28H,3-5,7-9H2,1-2H3. The number of aromatic nitrogens is 5. The number of ether oxygens (including phenoxy) is 1. The lowest BCUT2D eigenvalue weighted by Crippen LogP contribution is -2.36. The van der Waals surface area contributed by atoms with Gasteiger partial charge in [0.2, 0.25) is 5.82 Å². The van der Waals surface area contributed by atoms with E-state index in [0.717, 1.165) is 26.1 Å². The van der Waals surface area contributed by atoms with Crippen molar-refractivity contribution in [2.75, 3.05) is 24.7 Å². The third kappa shape index (κ3) is 3.93. The van der Waals surface area contributed by atoms with E-state index in [-0.39, 0.29) is 44.1 Å². The van der Waals surface area contributed by atoms with Gasteiger partial charge in [-0.05, 0) is 12.5 Å². The van der Waals surface area contributed by atoms with Crippen LogP contribution < -0.4 is 9.64 Å². The van der Waals surface area contributed by atoms with Crippen LogP contribution in [0.25, 0.3) is 10.2 Å². The maximum atomic E-state index is 13.1. The van der Waals surface area contributed by atoms with Crippen molar-refractivity contribution in [3.05, 3.63) is 22.6 Å². The minimum absolute atomic E-state index is 0.0165. The van der Waals surface area contributed by atoms with Gasteiger partial charge in [-0.3, -0.25) is 0 Å². The lowest BCUT2D eigenvalue weighted by Gasteiger charge is -2.29. The molecule has 3 aromatic rings. The number of nitrogens with zero attached hydrogens (tertiary/aromatic N) is 6. The van der Waals surface area contributed by atoms with Gasteiger partial charge in [0.1, 0.15) is 10.6 Å². The summed E-state index contributed by atoms with van der Waals surface area (Å²) in [5.74, 6) is -0.208. The van der Waals surface area contributed by atoms with Gasteiger partial charge in [-0.25, -0.2) is 0 Å². The van der Waals surface area contributed by atoms with Crippen molar-refractivity contribution in [2.45, 2.75) is 39.5 Å². The topological polar surface area (TPSA) is 89.2 Å². The van der Waals surface area contributed by atoms with Crippen LogP contribution in [-0.2, 0) is 25.7 Å². The molecular weight excluding hydrogens is 421 g/mol. The average Bonchev–Trinajstić information content (AvgIpc) is 3.34. The SMILES string of the molecule is CCc1cc2c(N3CCn4c(nnc4C(F)(F)F)C3)nc(OCC(C)CO)nc2s1. The molecule has 0 aliphatic carbocycles. The molecule has 4 heterocycles. The quantitative estimate of drug-likeness (QED) is 0.628. The Bertz CT molecular complexity index is 1050. The number of aliphatic hydroxyl groups is 1. The fourth-order valence-electron chi connectivity index (χ4n) is 3.23. The van der Waals surface area contributed by atoms with Gasteiger partial charge in [0.25, 0.3) is 0 Å². The molecule has 4 rings (SSSR count). The van der Waals surface area contributed by atoms with Crippen molar-refractivity contribution in [3.63, 3.8) is 0 Å². The molecule has 0 saturated carbocycles.